The molecule has 256 valence electrons. The number of ether oxygens (including phenoxy) is 1. The lowest BCUT2D eigenvalue weighted by Gasteiger charge is -2.44. The molecule has 1 amide bonds. The van der Waals surface area contributed by atoms with Gasteiger partial charge in [-0.05, 0) is 73.1 Å². The lowest BCUT2D eigenvalue weighted by atomic mass is 9.76. The van der Waals surface area contributed by atoms with E-state index in [-0.39, 0.29) is 24.2 Å². The number of carbonyl (C=O) groups is 2. The van der Waals surface area contributed by atoms with Crippen molar-refractivity contribution in [3.05, 3.63) is 54.1 Å². The standard InChI is InChI=1S/C34H50N4O6S.ClH/c1-4-5-21-35-33(41)34(36-31(32(39)40)25(2)27-9-7-6-8-10-27)19-22-38(23-20-34)24-26-11-15-29(16-12-26)44-30-17-13-28(14-18-30)37-45(3,42)43;/h11-18,25,27,31,36-37H,4-10,19-24H2,1-3H3,(H,35,41)(H,39,40);1H/t25?,31-;/m0./s1. The second kappa shape index (κ2) is 17.3. The molecule has 0 bridgehead atoms. The number of rotatable bonds is 15. The highest BCUT2D eigenvalue weighted by Gasteiger charge is 2.45. The van der Waals surface area contributed by atoms with Gasteiger partial charge in [-0.2, -0.15) is 0 Å². The number of anilines is 1. The quantitative estimate of drug-likeness (QED) is 0.174. The monoisotopic (exact) mass is 678 g/mol. The smallest absolute Gasteiger partial charge is 0.321 e. The first kappa shape index (κ1) is 37.6. The molecule has 4 N–H and O–H groups in total. The minimum atomic E-state index is -3.34. The number of sulfonamides is 1. The number of carboxylic acids is 1. The molecule has 2 fully saturated rings. The number of nitrogens with one attached hydrogen (secondary N) is 3. The number of carbonyl (C=O) groups excluding carboxylic acids is 1. The van der Waals surface area contributed by atoms with E-state index < -0.39 is 27.6 Å². The van der Waals surface area contributed by atoms with Gasteiger partial charge in [0.15, 0.2) is 0 Å². The molecule has 2 aliphatic rings. The molecule has 2 aromatic rings. The SMILES string of the molecule is CCCCNC(=O)C1(N[C@H](C(=O)O)C(C)C2CCCCC2)CCN(Cc2ccc(Oc3ccc(NS(C)(=O)=O)cc3)cc2)CC1.Cl. The van der Waals surface area contributed by atoms with Crippen molar-refractivity contribution in [2.75, 3.05) is 30.6 Å². The lowest BCUT2D eigenvalue weighted by molar-refractivity contribution is -0.144. The maximum atomic E-state index is 13.7. The Morgan fingerprint density at radius 2 is 1.59 bits per heavy atom. The van der Waals surface area contributed by atoms with Crippen LogP contribution in [0.25, 0.3) is 0 Å². The molecule has 0 aromatic heterocycles. The maximum Gasteiger partial charge on any atom is 0.321 e. The summed E-state index contributed by atoms with van der Waals surface area (Å²) in [5.74, 6) is 0.607. The molecule has 12 heteroatoms. The number of amides is 1. The van der Waals surface area contributed by atoms with Gasteiger partial charge in [-0.15, -0.1) is 12.4 Å². The van der Waals surface area contributed by atoms with Crippen molar-refractivity contribution >= 4 is 40.0 Å². The first-order valence-electron chi connectivity index (χ1n) is 16.3. The number of aliphatic carboxylic acids is 1. The van der Waals surface area contributed by atoms with Crippen LogP contribution < -0.4 is 20.1 Å². The van der Waals surface area contributed by atoms with E-state index in [1.54, 1.807) is 24.3 Å². The number of nitrogens with zero attached hydrogens (tertiary/aromatic N) is 1. The van der Waals surface area contributed by atoms with E-state index in [9.17, 15) is 23.1 Å². The van der Waals surface area contributed by atoms with Crippen molar-refractivity contribution < 1.29 is 27.9 Å². The van der Waals surface area contributed by atoms with E-state index in [1.165, 1.54) is 6.42 Å². The third-order valence-corrected chi connectivity index (χ3v) is 9.91. The zero-order chi connectivity index (χ0) is 32.5. The van der Waals surface area contributed by atoms with Gasteiger partial charge in [0, 0.05) is 31.9 Å². The topological polar surface area (TPSA) is 137 Å². The number of unbranched alkanes of at least 4 members (excludes halogenated alkanes) is 1. The largest absolute Gasteiger partial charge is 0.480 e. The zero-order valence-corrected chi connectivity index (χ0v) is 28.9. The first-order valence-corrected chi connectivity index (χ1v) is 18.2. The number of hydrogen-bond acceptors (Lipinski definition) is 7. The molecule has 2 atom stereocenters. The van der Waals surface area contributed by atoms with Crippen LogP contribution in [0.3, 0.4) is 0 Å². The lowest BCUT2D eigenvalue weighted by Crippen LogP contribution is -2.66. The van der Waals surface area contributed by atoms with Crippen molar-refractivity contribution in [2.24, 2.45) is 11.8 Å². The fourth-order valence-electron chi connectivity index (χ4n) is 6.59. The minimum absolute atomic E-state index is 0. The van der Waals surface area contributed by atoms with Gasteiger partial charge in [-0.3, -0.25) is 24.5 Å². The van der Waals surface area contributed by atoms with Gasteiger partial charge in [0.25, 0.3) is 0 Å². The average molecular weight is 679 g/mol. The molecule has 2 aromatic carbocycles. The van der Waals surface area contributed by atoms with Crippen molar-refractivity contribution in [2.45, 2.75) is 89.8 Å². The van der Waals surface area contributed by atoms with Crippen LogP contribution in [-0.2, 0) is 26.2 Å². The Kier molecular flexibility index (Phi) is 14.2. The van der Waals surface area contributed by atoms with Crippen molar-refractivity contribution in [1.29, 1.82) is 0 Å². The Morgan fingerprint density at radius 3 is 2.13 bits per heavy atom. The Labute approximate surface area is 280 Å². The molecule has 46 heavy (non-hydrogen) atoms. The van der Waals surface area contributed by atoms with Gasteiger partial charge in [0.1, 0.15) is 23.1 Å². The fourth-order valence-corrected chi connectivity index (χ4v) is 7.15. The van der Waals surface area contributed by atoms with Crippen LogP contribution in [0.15, 0.2) is 48.5 Å². The number of hydrogen-bond donors (Lipinski definition) is 4. The van der Waals surface area contributed by atoms with Crippen molar-refractivity contribution in [1.82, 2.24) is 15.5 Å². The Hall–Kier alpha value is -2.86. The van der Waals surface area contributed by atoms with Crippen LogP contribution in [-0.4, -0.2) is 67.8 Å². The first-order chi connectivity index (χ1) is 21.5. The molecule has 1 saturated heterocycles. The van der Waals surface area contributed by atoms with Gasteiger partial charge in [0.2, 0.25) is 15.9 Å². The minimum Gasteiger partial charge on any atom is -0.480 e. The van der Waals surface area contributed by atoms with Crippen molar-refractivity contribution in [3.63, 3.8) is 0 Å². The van der Waals surface area contributed by atoms with E-state index in [2.05, 4.69) is 27.2 Å². The second-order valence-electron chi connectivity index (χ2n) is 12.8. The summed E-state index contributed by atoms with van der Waals surface area (Å²) < 4.78 is 31.2. The summed E-state index contributed by atoms with van der Waals surface area (Å²) in [4.78, 5) is 28.5. The van der Waals surface area contributed by atoms with Crippen LogP contribution >= 0.6 is 12.4 Å². The number of carboxylic acid groups (broad SMARTS) is 1. The number of piperidine rings is 1. The summed E-state index contributed by atoms with van der Waals surface area (Å²) in [7, 11) is -3.34. The number of halogens is 1. The molecule has 4 rings (SSSR count). The summed E-state index contributed by atoms with van der Waals surface area (Å²) in [5.41, 5.74) is 0.661. The normalized spacial score (nSPS) is 18.5. The van der Waals surface area contributed by atoms with E-state index in [4.69, 9.17) is 4.74 Å². The highest BCUT2D eigenvalue weighted by atomic mass is 35.5. The van der Waals surface area contributed by atoms with Crippen molar-refractivity contribution in [3.8, 4) is 11.5 Å². The third kappa shape index (κ3) is 10.9. The highest BCUT2D eigenvalue weighted by Crippen LogP contribution is 2.34. The van der Waals surface area contributed by atoms with E-state index in [0.717, 1.165) is 50.3 Å². The summed E-state index contributed by atoms with van der Waals surface area (Å²) in [5, 5.41) is 16.8. The van der Waals surface area contributed by atoms with Crippen LogP contribution in [0.1, 0.15) is 77.2 Å². The molecule has 0 radical (unpaired) electrons. The Balaban J connectivity index is 0.00000576. The average Bonchev–Trinajstić information content (AvgIpc) is 3.02. The third-order valence-electron chi connectivity index (χ3n) is 9.30. The highest BCUT2D eigenvalue weighted by molar-refractivity contribution is 7.92. The molecule has 1 unspecified atom stereocenters. The molecule has 1 heterocycles. The second-order valence-corrected chi connectivity index (χ2v) is 14.6. The van der Waals surface area contributed by atoms with Crippen LogP contribution in [0.2, 0.25) is 0 Å². The Bertz CT molecular complexity index is 1360. The Morgan fingerprint density at radius 1 is 1.00 bits per heavy atom. The molecule has 0 spiro atoms. The molecular formula is C34H51ClN4O6S. The van der Waals surface area contributed by atoms with Gasteiger partial charge in [-0.25, -0.2) is 8.42 Å². The summed E-state index contributed by atoms with van der Waals surface area (Å²) in [6.07, 6.45) is 9.65. The van der Waals surface area contributed by atoms with Gasteiger partial charge in [-0.1, -0.05) is 64.5 Å². The fraction of sp³-hybridized carbons (Fsp3) is 0.588. The van der Waals surface area contributed by atoms with Gasteiger partial charge >= 0.3 is 5.97 Å². The summed E-state index contributed by atoms with van der Waals surface area (Å²) in [6.45, 7) is 6.77. The number of likely N-dealkylation sites (tertiary alicyclic amines) is 1. The van der Waals surface area contributed by atoms with Crippen LogP contribution in [0.5, 0.6) is 11.5 Å². The maximum absolute atomic E-state index is 13.7. The van der Waals surface area contributed by atoms with E-state index in [1.807, 2.05) is 31.2 Å². The summed E-state index contributed by atoms with van der Waals surface area (Å²) in [6, 6.07) is 13.8. The van der Waals surface area contributed by atoms with Gasteiger partial charge < -0.3 is 15.2 Å². The predicted octanol–water partition coefficient (Wildman–Crippen LogP) is 5.78. The molecule has 1 aliphatic heterocycles. The number of benzene rings is 2. The molecule has 1 aliphatic carbocycles. The molecule has 1 saturated carbocycles. The van der Waals surface area contributed by atoms with E-state index >= 15 is 0 Å². The molecule has 10 nitrogen and oxygen atoms in total. The molecular weight excluding hydrogens is 628 g/mol. The zero-order valence-electron chi connectivity index (χ0n) is 27.3. The van der Waals surface area contributed by atoms with Crippen LogP contribution in [0.4, 0.5) is 5.69 Å². The predicted molar refractivity (Wildman–Crippen MR) is 184 cm³/mol. The van der Waals surface area contributed by atoms with Gasteiger partial charge in [0.05, 0.1) is 6.26 Å². The summed E-state index contributed by atoms with van der Waals surface area (Å²) >= 11 is 0. The van der Waals surface area contributed by atoms with Crippen LogP contribution in [0, 0.1) is 11.8 Å². The van der Waals surface area contributed by atoms with E-state index in [0.29, 0.717) is 62.1 Å².